The molecule has 0 spiro atoms. The SMILES string of the molecule is CC1(F)CCC(c2ncnc(-c3cc(F)ccc3F)c2NC(=O)c2cc(O[C@H]3C[C@@H](F)C3)no2)OC1. The molecule has 12 heteroatoms. The normalized spacial score (nSPS) is 25.8. The highest BCUT2D eigenvalue weighted by Gasteiger charge is 2.35. The third-order valence-electron chi connectivity index (χ3n) is 6.15. The predicted octanol–water partition coefficient (Wildman–Crippen LogP) is 5.12. The Hall–Kier alpha value is -3.54. The molecule has 2 aliphatic rings. The minimum atomic E-state index is -1.52. The molecule has 1 aliphatic heterocycles. The molecule has 2 aromatic heterocycles. The van der Waals surface area contributed by atoms with Crippen molar-refractivity contribution in [2.75, 3.05) is 11.9 Å². The van der Waals surface area contributed by atoms with Gasteiger partial charge in [0.15, 0.2) is 0 Å². The first kappa shape index (κ1) is 24.2. The zero-order chi connectivity index (χ0) is 25.4. The van der Waals surface area contributed by atoms with E-state index in [1.165, 1.54) is 13.0 Å². The number of nitrogens with zero attached hydrogens (tertiary/aromatic N) is 3. The highest BCUT2D eigenvalue weighted by Crippen LogP contribution is 2.40. The maximum absolute atomic E-state index is 14.7. The fraction of sp³-hybridized carbons (Fsp3) is 0.417. The third kappa shape index (κ3) is 5.03. The number of carbonyl (C=O) groups is 1. The molecule has 2 unspecified atom stereocenters. The fourth-order valence-electron chi connectivity index (χ4n) is 4.09. The van der Waals surface area contributed by atoms with E-state index in [9.17, 15) is 22.4 Å². The Kier molecular flexibility index (Phi) is 6.37. The Bertz CT molecular complexity index is 1270. The average Bonchev–Trinajstić information content (AvgIpc) is 3.29. The van der Waals surface area contributed by atoms with E-state index in [1.807, 2.05) is 0 Å². The van der Waals surface area contributed by atoms with Gasteiger partial charge in [-0.25, -0.2) is 27.5 Å². The molecule has 1 aromatic carbocycles. The zero-order valence-corrected chi connectivity index (χ0v) is 19.1. The number of alkyl halides is 2. The van der Waals surface area contributed by atoms with Crippen molar-refractivity contribution < 1.29 is 36.4 Å². The molecule has 190 valence electrons. The quantitative estimate of drug-likeness (QED) is 0.463. The lowest BCUT2D eigenvalue weighted by atomic mass is 9.94. The van der Waals surface area contributed by atoms with Crippen molar-refractivity contribution in [1.82, 2.24) is 15.1 Å². The molecule has 1 saturated heterocycles. The summed E-state index contributed by atoms with van der Waals surface area (Å²) in [5.41, 5.74) is -1.71. The Morgan fingerprint density at radius 1 is 1.22 bits per heavy atom. The Balaban J connectivity index is 1.47. The molecule has 3 heterocycles. The second kappa shape index (κ2) is 9.49. The first-order chi connectivity index (χ1) is 17.2. The van der Waals surface area contributed by atoms with Gasteiger partial charge in [-0.1, -0.05) is 0 Å². The van der Waals surface area contributed by atoms with Gasteiger partial charge in [-0.3, -0.25) is 4.79 Å². The summed E-state index contributed by atoms with van der Waals surface area (Å²) in [5.74, 6) is -2.53. The Morgan fingerprint density at radius 3 is 2.75 bits per heavy atom. The summed E-state index contributed by atoms with van der Waals surface area (Å²) in [4.78, 5) is 21.3. The number of nitrogens with one attached hydrogen (secondary N) is 1. The number of hydrogen-bond acceptors (Lipinski definition) is 7. The monoisotopic (exact) mass is 506 g/mol. The molecule has 0 radical (unpaired) electrons. The molecular weight excluding hydrogens is 484 g/mol. The van der Waals surface area contributed by atoms with Crippen LogP contribution in [0, 0.1) is 11.6 Å². The van der Waals surface area contributed by atoms with Crippen LogP contribution >= 0.6 is 0 Å². The third-order valence-corrected chi connectivity index (χ3v) is 6.15. The van der Waals surface area contributed by atoms with E-state index < -0.39 is 35.5 Å². The minimum Gasteiger partial charge on any atom is -0.472 e. The van der Waals surface area contributed by atoms with Gasteiger partial charge in [0.1, 0.15) is 47.7 Å². The van der Waals surface area contributed by atoms with Gasteiger partial charge >= 0.3 is 0 Å². The lowest BCUT2D eigenvalue weighted by molar-refractivity contribution is -0.0726. The van der Waals surface area contributed by atoms with E-state index in [1.54, 1.807) is 0 Å². The summed E-state index contributed by atoms with van der Waals surface area (Å²) in [6, 6.07) is 4.06. The number of aromatic nitrogens is 3. The first-order valence-electron chi connectivity index (χ1n) is 11.4. The molecule has 36 heavy (non-hydrogen) atoms. The molecule has 0 bridgehead atoms. The van der Waals surface area contributed by atoms with Gasteiger partial charge in [0.05, 0.1) is 24.1 Å². The largest absolute Gasteiger partial charge is 0.472 e. The van der Waals surface area contributed by atoms with Crippen LogP contribution in [0.3, 0.4) is 0 Å². The smallest absolute Gasteiger partial charge is 0.294 e. The van der Waals surface area contributed by atoms with E-state index in [2.05, 4.69) is 20.4 Å². The van der Waals surface area contributed by atoms with Crippen molar-refractivity contribution in [1.29, 1.82) is 0 Å². The maximum atomic E-state index is 14.7. The number of carbonyl (C=O) groups excluding carboxylic acids is 1. The molecule has 3 aromatic rings. The van der Waals surface area contributed by atoms with Gasteiger partial charge in [-0.15, -0.1) is 0 Å². The number of rotatable bonds is 6. The van der Waals surface area contributed by atoms with Crippen molar-refractivity contribution in [3.05, 3.63) is 53.7 Å². The van der Waals surface area contributed by atoms with Crippen molar-refractivity contribution in [3.63, 3.8) is 0 Å². The number of anilines is 1. The minimum absolute atomic E-state index is 0.0100. The van der Waals surface area contributed by atoms with Gasteiger partial charge in [-0.05, 0) is 43.1 Å². The highest BCUT2D eigenvalue weighted by atomic mass is 19.1. The summed E-state index contributed by atoms with van der Waals surface area (Å²) >= 11 is 0. The van der Waals surface area contributed by atoms with Crippen molar-refractivity contribution >= 4 is 11.6 Å². The first-order valence-corrected chi connectivity index (χ1v) is 11.4. The van der Waals surface area contributed by atoms with E-state index in [0.717, 1.165) is 24.5 Å². The van der Waals surface area contributed by atoms with Crippen molar-refractivity contribution in [3.8, 4) is 17.1 Å². The van der Waals surface area contributed by atoms with Gasteiger partial charge < -0.3 is 19.3 Å². The van der Waals surface area contributed by atoms with Gasteiger partial charge in [0.2, 0.25) is 5.76 Å². The Morgan fingerprint density at radius 2 is 2.03 bits per heavy atom. The number of ether oxygens (including phenoxy) is 2. The summed E-state index contributed by atoms with van der Waals surface area (Å²) in [6.45, 7) is 1.21. The van der Waals surface area contributed by atoms with Crippen LogP contribution in [0.15, 0.2) is 35.1 Å². The average molecular weight is 506 g/mol. The highest BCUT2D eigenvalue weighted by molar-refractivity contribution is 6.04. The predicted molar refractivity (Wildman–Crippen MR) is 118 cm³/mol. The number of hydrogen-bond donors (Lipinski definition) is 1. The Labute approximate surface area is 203 Å². The van der Waals surface area contributed by atoms with Crippen molar-refractivity contribution in [2.45, 2.75) is 56.7 Å². The van der Waals surface area contributed by atoms with Crippen LogP contribution in [0.2, 0.25) is 0 Å². The van der Waals surface area contributed by atoms with Gasteiger partial charge in [0.25, 0.3) is 11.8 Å². The zero-order valence-electron chi connectivity index (χ0n) is 19.1. The maximum Gasteiger partial charge on any atom is 0.294 e. The van der Waals surface area contributed by atoms with E-state index in [-0.39, 0.29) is 72.7 Å². The second-order valence-electron chi connectivity index (χ2n) is 9.15. The van der Waals surface area contributed by atoms with Gasteiger partial charge in [0, 0.05) is 18.4 Å². The molecule has 2 fully saturated rings. The summed E-state index contributed by atoms with van der Waals surface area (Å²) in [5, 5.41) is 6.26. The lowest BCUT2D eigenvalue weighted by Crippen LogP contribution is -2.34. The van der Waals surface area contributed by atoms with Crippen LogP contribution < -0.4 is 10.1 Å². The van der Waals surface area contributed by atoms with Gasteiger partial charge in [-0.2, -0.15) is 0 Å². The van der Waals surface area contributed by atoms with Crippen LogP contribution in [0.25, 0.3) is 11.3 Å². The molecule has 1 saturated carbocycles. The summed E-state index contributed by atoms with van der Waals surface area (Å²) in [6.07, 6.45) is -0.0422. The molecule has 8 nitrogen and oxygen atoms in total. The number of benzene rings is 1. The fourth-order valence-corrected chi connectivity index (χ4v) is 4.09. The molecule has 1 aliphatic carbocycles. The molecule has 5 rings (SSSR count). The lowest BCUT2D eigenvalue weighted by Gasteiger charge is -2.32. The molecule has 2 atom stereocenters. The summed E-state index contributed by atoms with van der Waals surface area (Å²) in [7, 11) is 0. The number of amides is 1. The molecule has 1 amide bonds. The van der Waals surface area contributed by atoms with Crippen LogP contribution in [0.1, 0.15) is 55.0 Å². The topological polar surface area (TPSA) is 99.4 Å². The van der Waals surface area contributed by atoms with Crippen LogP contribution in [-0.2, 0) is 4.74 Å². The summed E-state index contributed by atoms with van der Waals surface area (Å²) < 4.78 is 72.2. The molecular formula is C24H22F4N4O4. The van der Waals surface area contributed by atoms with Crippen LogP contribution in [0.5, 0.6) is 5.88 Å². The van der Waals surface area contributed by atoms with Crippen LogP contribution in [-0.4, -0.2) is 45.6 Å². The van der Waals surface area contributed by atoms with E-state index >= 15 is 0 Å². The second-order valence-corrected chi connectivity index (χ2v) is 9.15. The number of halogens is 4. The standard InChI is InChI=1S/C24H22F4N4O4/c1-24(28)5-4-17(34-10-24)21-22(20(29-11-30-21)15-8-12(25)2-3-16(15)27)31-23(33)18-9-19(32-36-18)35-14-6-13(26)7-14/h2-3,8-9,11,13-14,17H,4-7,10H2,1H3,(H,31,33)/t13-,14+,17?,24?. The van der Waals surface area contributed by atoms with E-state index in [0.29, 0.717) is 0 Å². The molecule has 1 N–H and O–H groups in total. The van der Waals surface area contributed by atoms with Crippen molar-refractivity contribution in [2.24, 2.45) is 0 Å². The van der Waals surface area contributed by atoms with Crippen LogP contribution in [0.4, 0.5) is 23.2 Å². The van der Waals surface area contributed by atoms with E-state index in [4.69, 9.17) is 14.0 Å².